The molecular formula is C9H13Cl2FN2. The molecule has 1 N–H and O–H groups in total. The van der Waals surface area contributed by atoms with Crippen LogP contribution in [0.2, 0.25) is 0 Å². The van der Waals surface area contributed by atoms with Crippen molar-refractivity contribution in [2.24, 2.45) is 0 Å². The van der Waals surface area contributed by atoms with Crippen LogP contribution in [0.25, 0.3) is 0 Å². The maximum Gasteiger partial charge on any atom is 0.146 e. The van der Waals surface area contributed by atoms with Crippen LogP contribution >= 0.6 is 24.8 Å². The maximum absolute atomic E-state index is 13.1. The molecule has 14 heavy (non-hydrogen) atoms. The first-order valence-corrected chi connectivity index (χ1v) is 4.21. The van der Waals surface area contributed by atoms with Gasteiger partial charge >= 0.3 is 0 Å². The van der Waals surface area contributed by atoms with Crippen LogP contribution in [0.4, 0.5) is 4.39 Å². The molecule has 1 aliphatic rings. The minimum atomic E-state index is -0.197. The molecule has 0 saturated carbocycles. The summed E-state index contributed by atoms with van der Waals surface area (Å²) in [5.41, 5.74) is 0.752. The van der Waals surface area contributed by atoms with E-state index in [-0.39, 0.29) is 36.7 Å². The Labute approximate surface area is 95.1 Å². The van der Waals surface area contributed by atoms with Crippen molar-refractivity contribution >= 4 is 24.8 Å². The van der Waals surface area contributed by atoms with E-state index in [9.17, 15) is 4.39 Å². The summed E-state index contributed by atoms with van der Waals surface area (Å²) in [6.07, 6.45) is 5.07. The van der Waals surface area contributed by atoms with Crippen LogP contribution in [0, 0.1) is 5.82 Å². The molecule has 5 heteroatoms. The second kappa shape index (κ2) is 6.17. The van der Waals surface area contributed by atoms with Gasteiger partial charge in [-0.05, 0) is 25.5 Å². The van der Waals surface area contributed by atoms with Gasteiger partial charge < -0.3 is 5.32 Å². The van der Waals surface area contributed by atoms with Crippen molar-refractivity contribution in [1.29, 1.82) is 0 Å². The summed E-state index contributed by atoms with van der Waals surface area (Å²) >= 11 is 0. The summed E-state index contributed by atoms with van der Waals surface area (Å²) < 4.78 is 13.1. The lowest BCUT2D eigenvalue weighted by molar-refractivity contribution is 0.554. The smallest absolute Gasteiger partial charge is 0.146 e. The quantitative estimate of drug-likeness (QED) is 0.814. The molecule has 2 rings (SSSR count). The molecule has 2 heterocycles. The highest BCUT2D eigenvalue weighted by atomic mass is 35.5. The van der Waals surface area contributed by atoms with Crippen molar-refractivity contribution in [1.82, 2.24) is 10.3 Å². The number of hydrogen-bond donors (Lipinski definition) is 1. The summed E-state index contributed by atoms with van der Waals surface area (Å²) in [5, 5.41) is 3.25. The van der Waals surface area contributed by atoms with Gasteiger partial charge in [-0.15, -0.1) is 24.8 Å². The summed E-state index contributed by atoms with van der Waals surface area (Å²) in [4.78, 5) is 3.71. The van der Waals surface area contributed by atoms with Gasteiger partial charge in [-0.3, -0.25) is 4.98 Å². The van der Waals surface area contributed by atoms with Gasteiger partial charge in [-0.25, -0.2) is 4.39 Å². The lowest BCUT2D eigenvalue weighted by atomic mass is 10.1. The highest BCUT2D eigenvalue weighted by Gasteiger charge is 2.18. The number of aromatic nitrogens is 1. The molecule has 1 aromatic heterocycles. The number of halogens is 3. The zero-order chi connectivity index (χ0) is 8.39. The molecule has 1 saturated heterocycles. The van der Waals surface area contributed by atoms with Gasteiger partial charge in [0.05, 0.1) is 6.20 Å². The Kier molecular flexibility index (Phi) is 6.00. The van der Waals surface area contributed by atoms with Gasteiger partial charge in [0.1, 0.15) is 5.82 Å². The lowest BCUT2D eigenvalue weighted by Crippen LogP contribution is -2.14. The second-order valence-electron chi connectivity index (χ2n) is 3.05. The van der Waals surface area contributed by atoms with Gasteiger partial charge in [0.15, 0.2) is 0 Å². The number of hydrogen-bond acceptors (Lipinski definition) is 2. The standard InChI is InChI=1S/C9H11FN2.2ClH/c10-8-6-11-5-3-7(8)9-2-1-4-12-9;;/h3,5-6,9,12H,1-2,4H2;2*1H. The first-order chi connectivity index (χ1) is 5.88. The van der Waals surface area contributed by atoms with Gasteiger partial charge in [0.25, 0.3) is 0 Å². The highest BCUT2D eigenvalue weighted by Crippen LogP contribution is 2.24. The number of pyridine rings is 1. The molecule has 0 amide bonds. The van der Waals surface area contributed by atoms with Crippen LogP contribution in [0.1, 0.15) is 24.4 Å². The summed E-state index contributed by atoms with van der Waals surface area (Å²) in [6.45, 7) is 0.992. The Hall–Kier alpha value is -0.380. The highest BCUT2D eigenvalue weighted by molar-refractivity contribution is 5.85. The van der Waals surface area contributed by atoms with Crippen molar-refractivity contribution < 1.29 is 4.39 Å². The summed E-state index contributed by atoms with van der Waals surface area (Å²) in [6, 6.07) is 1.95. The summed E-state index contributed by atoms with van der Waals surface area (Å²) in [5.74, 6) is -0.197. The van der Waals surface area contributed by atoms with Gasteiger partial charge in [-0.1, -0.05) is 0 Å². The topological polar surface area (TPSA) is 24.9 Å². The monoisotopic (exact) mass is 238 g/mol. The van der Waals surface area contributed by atoms with Crippen LogP contribution in [0.5, 0.6) is 0 Å². The van der Waals surface area contributed by atoms with E-state index in [2.05, 4.69) is 10.3 Å². The maximum atomic E-state index is 13.1. The Balaban J connectivity index is 0.000000845. The predicted molar refractivity (Wildman–Crippen MR) is 58.7 cm³/mol. The van der Waals surface area contributed by atoms with Crippen LogP contribution in [0.15, 0.2) is 18.5 Å². The lowest BCUT2D eigenvalue weighted by Gasteiger charge is -2.10. The minimum absolute atomic E-state index is 0. The average molecular weight is 239 g/mol. The zero-order valence-corrected chi connectivity index (χ0v) is 9.21. The largest absolute Gasteiger partial charge is 0.310 e. The molecule has 1 aliphatic heterocycles. The Bertz CT molecular complexity index is 277. The fraction of sp³-hybridized carbons (Fsp3) is 0.444. The fourth-order valence-corrected chi connectivity index (χ4v) is 1.62. The van der Waals surface area contributed by atoms with Gasteiger partial charge in [0, 0.05) is 17.8 Å². The van der Waals surface area contributed by atoms with E-state index >= 15 is 0 Å². The van der Waals surface area contributed by atoms with Crippen molar-refractivity contribution in [3.05, 3.63) is 29.8 Å². The molecule has 0 bridgehead atoms. The van der Waals surface area contributed by atoms with Gasteiger partial charge in [-0.2, -0.15) is 0 Å². The van der Waals surface area contributed by atoms with E-state index in [4.69, 9.17) is 0 Å². The molecule has 80 valence electrons. The molecule has 0 radical (unpaired) electrons. The third-order valence-corrected chi connectivity index (χ3v) is 2.24. The third kappa shape index (κ3) is 2.80. The van der Waals surface area contributed by atoms with Crippen molar-refractivity contribution in [3.63, 3.8) is 0 Å². The first-order valence-electron chi connectivity index (χ1n) is 4.21. The minimum Gasteiger partial charge on any atom is -0.310 e. The van der Waals surface area contributed by atoms with Crippen LogP contribution in [0.3, 0.4) is 0 Å². The number of nitrogens with zero attached hydrogens (tertiary/aromatic N) is 1. The Morgan fingerprint density at radius 1 is 1.43 bits per heavy atom. The van der Waals surface area contributed by atoms with Gasteiger partial charge in [0.2, 0.25) is 0 Å². The SMILES string of the molecule is Cl.Cl.Fc1cnccc1C1CCCN1. The first kappa shape index (κ1) is 13.6. The third-order valence-electron chi connectivity index (χ3n) is 2.24. The Morgan fingerprint density at radius 3 is 2.79 bits per heavy atom. The van der Waals surface area contributed by atoms with E-state index in [1.807, 2.05) is 0 Å². The molecule has 1 atom stereocenters. The van der Waals surface area contributed by atoms with E-state index in [1.165, 1.54) is 6.20 Å². The number of nitrogens with one attached hydrogen (secondary N) is 1. The second-order valence-corrected chi connectivity index (χ2v) is 3.05. The zero-order valence-electron chi connectivity index (χ0n) is 7.57. The van der Waals surface area contributed by atoms with Crippen LogP contribution in [-0.2, 0) is 0 Å². The van der Waals surface area contributed by atoms with Crippen molar-refractivity contribution in [2.75, 3.05) is 6.54 Å². The van der Waals surface area contributed by atoms with E-state index in [1.54, 1.807) is 12.3 Å². The molecule has 1 unspecified atom stereocenters. The fourth-order valence-electron chi connectivity index (χ4n) is 1.62. The van der Waals surface area contributed by atoms with Crippen LogP contribution in [-0.4, -0.2) is 11.5 Å². The molecular weight excluding hydrogens is 226 g/mol. The average Bonchev–Trinajstić information content (AvgIpc) is 2.57. The predicted octanol–water partition coefficient (Wildman–Crippen LogP) is 2.49. The molecule has 0 aromatic carbocycles. The molecule has 0 aliphatic carbocycles. The summed E-state index contributed by atoms with van der Waals surface area (Å²) in [7, 11) is 0. The van der Waals surface area contributed by atoms with E-state index in [0.29, 0.717) is 0 Å². The van der Waals surface area contributed by atoms with E-state index in [0.717, 1.165) is 24.9 Å². The molecule has 0 spiro atoms. The Morgan fingerprint density at radius 2 is 2.21 bits per heavy atom. The van der Waals surface area contributed by atoms with Crippen molar-refractivity contribution in [2.45, 2.75) is 18.9 Å². The molecule has 1 aromatic rings. The molecule has 1 fully saturated rings. The van der Waals surface area contributed by atoms with Crippen LogP contribution < -0.4 is 5.32 Å². The number of rotatable bonds is 1. The normalized spacial score (nSPS) is 19.6. The van der Waals surface area contributed by atoms with Crippen molar-refractivity contribution in [3.8, 4) is 0 Å². The molecule has 2 nitrogen and oxygen atoms in total. The van der Waals surface area contributed by atoms with E-state index < -0.39 is 0 Å².